The lowest BCUT2D eigenvalue weighted by atomic mass is 9.81. The summed E-state index contributed by atoms with van der Waals surface area (Å²) in [4.78, 5) is 12.7. The molecule has 1 aliphatic heterocycles. The van der Waals surface area contributed by atoms with E-state index in [1.54, 1.807) is 25.1 Å². The van der Waals surface area contributed by atoms with Gasteiger partial charge in [-0.15, -0.1) is 0 Å². The number of ether oxygens (including phenoxy) is 1. The largest absolute Gasteiger partial charge is 0.508 e. The van der Waals surface area contributed by atoms with Gasteiger partial charge in [-0.2, -0.15) is 0 Å². The van der Waals surface area contributed by atoms with Gasteiger partial charge in [0.1, 0.15) is 17.3 Å². The quantitative estimate of drug-likeness (QED) is 0.779. The van der Waals surface area contributed by atoms with Crippen molar-refractivity contribution >= 4 is 5.78 Å². The van der Waals surface area contributed by atoms with Crippen LogP contribution < -0.4 is 4.74 Å². The van der Waals surface area contributed by atoms with Gasteiger partial charge in [0.05, 0.1) is 17.6 Å². The average molecular weight is 286 g/mol. The predicted molar refractivity (Wildman–Crippen MR) is 78.3 cm³/mol. The van der Waals surface area contributed by atoms with Crippen molar-refractivity contribution in [3.8, 4) is 11.5 Å². The highest BCUT2D eigenvalue weighted by molar-refractivity contribution is 6.05. The number of rotatable bonds is 1. The van der Waals surface area contributed by atoms with E-state index < -0.39 is 12.0 Å². The van der Waals surface area contributed by atoms with Gasteiger partial charge in [-0.05, 0) is 25.0 Å². The molecule has 0 saturated carbocycles. The van der Waals surface area contributed by atoms with Gasteiger partial charge >= 0.3 is 0 Å². The summed E-state index contributed by atoms with van der Waals surface area (Å²) in [7, 11) is 0. The molecular formula is C17H18O4. The number of fused-ring (bicyclic) bond motifs is 2. The number of hydrogen-bond donors (Lipinski definition) is 2. The summed E-state index contributed by atoms with van der Waals surface area (Å²) in [5, 5.41) is 20.0. The van der Waals surface area contributed by atoms with Crippen LogP contribution in [0.1, 0.15) is 29.8 Å². The summed E-state index contributed by atoms with van der Waals surface area (Å²) in [5.74, 6) is 0.518. The zero-order valence-electron chi connectivity index (χ0n) is 12.3. The maximum atomic E-state index is 12.7. The van der Waals surface area contributed by atoms with Crippen LogP contribution in [0.3, 0.4) is 0 Å². The molecule has 2 unspecified atom stereocenters. The summed E-state index contributed by atoms with van der Waals surface area (Å²) in [6, 6.07) is 3.10. The van der Waals surface area contributed by atoms with E-state index >= 15 is 0 Å². The highest BCUT2D eigenvalue weighted by atomic mass is 16.5. The number of aliphatic hydroxyl groups is 1. The second-order valence-electron chi connectivity index (χ2n) is 5.83. The molecule has 0 fully saturated rings. The second-order valence-corrected chi connectivity index (χ2v) is 5.83. The van der Waals surface area contributed by atoms with Crippen LogP contribution in [0.2, 0.25) is 0 Å². The molecule has 110 valence electrons. The highest BCUT2D eigenvalue weighted by Crippen LogP contribution is 2.43. The Labute approximate surface area is 123 Å². The van der Waals surface area contributed by atoms with Crippen molar-refractivity contribution in [2.24, 2.45) is 11.8 Å². The molecule has 2 atom stereocenters. The Hall–Kier alpha value is -2.07. The number of Topliss-reactive ketones (excluding diaryl/α,β-unsaturated/α-hetero) is 1. The fraction of sp³-hybridized carbons (Fsp3) is 0.353. The minimum absolute atomic E-state index is 0.0596. The zero-order chi connectivity index (χ0) is 15.3. The van der Waals surface area contributed by atoms with Gasteiger partial charge < -0.3 is 14.9 Å². The molecule has 0 bridgehead atoms. The van der Waals surface area contributed by atoms with Gasteiger partial charge in [-0.1, -0.05) is 26.0 Å². The number of aromatic hydroxyl groups is 1. The number of ketones is 1. The number of aliphatic hydroxyl groups excluding tert-OH is 1. The molecule has 0 radical (unpaired) electrons. The molecule has 2 N–H and O–H groups in total. The Morgan fingerprint density at radius 3 is 2.62 bits per heavy atom. The monoisotopic (exact) mass is 286 g/mol. The van der Waals surface area contributed by atoms with Crippen molar-refractivity contribution in [1.29, 1.82) is 0 Å². The van der Waals surface area contributed by atoms with Crippen molar-refractivity contribution < 1.29 is 19.7 Å². The third kappa shape index (κ3) is 1.98. The third-order valence-electron chi connectivity index (χ3n) is 4.13. The molecule has 0 aromatic heterocycles. The first-order valence-electron chi connectivity index (χ1n) is 7.06. The zero-order valence-corrected chi connectivity index (χ0v) is 12.3. The molecule has 0 saturated heterocycles. The minimum Gasteiger partial charge on any atom is -0.508 e. The van der Waals surface area contributed by atoms with Crippen LogP contribution >= 0.6 is 0 Å². The standard InChI is InChI=1S/C17H18O4/c1-8(2)14-13(19)7-5-11-15(20)10-4-6-12(18)9(3)16(10)21-17(11)14/h4-8,11,13,18-19H,1-3H3. The second kappa shape index (κ2) is 4.74. The molecule has 21 heavy (non-hydrogen) atoms. The molecule has 1 heterocycles. The van der Waals surface area contributed by atoms with Gasteiger partial charge in [0.2, 0.25) is 0 Å². The van der Waals surface area contributed by atoms with Crippen molar-refractivity contribution in [2.45, 2.75) is 26.9 Å². The lowest BCUT2D eigenvalue weighted by molar-refractivity contribution is 0.0909. The first kappa shape index (κ1) is 13.9. The van der Waals surface area contributed by atoms with Gasteiger partial charge in [-0.3, -0.25) is 4.79 Å². The van der Waals surface area contributed by atoms with E-state index in [9.17, 15) is 15.0 Å². The Morgan fingerprint density at radius 1 is 1.24 bits per heavy atom. The molecular weight excluding hydrogens is 268 g/mol. The van der Waals surface area contributed by atoms with E-state index in [1.165, 1.54) is 6.07 Å². The van der Waals surface area contributed by atoms with E-state index in [-0.39, 0.29) is 17.5 Å². The van der Waals surface area contributed by atoms with Crippen LogP contribution in [-0.2, 0) is 0 Å². The van der Waals surface area contributed by atoms with Crippen molar-refractivity contribution in [3.05, 3.63) is 46.7 Å². The lowest BCUT2D eigenvalue weighted by Crippen LogP contribution is -2.32. The Bertz CT molecular complexity index is 682. The van der Waals surface area contributed by atoms with E-state index in [0.29, 0.717) is 22.6 Å². The van der Waals surface area contributed by atoms with Crippen molar-refractivity contribution in [2.75, 3.05) is 0 Å². The fourth-order valence-corrected chi connectivity index (χ4v) is 2.97. The minimum atomic E-state index is -0.733. The predicted octanol–water partition coefficient (Wildman–Crippen LogP) is 2.73. The van der Waals surface area contributed by atoms with Gasteiger partial charge in [0.15, 0.2) is 5.78 Å². The van der Waals surface area contributed by atoms with Crippen LogP contribution in [0.25, 0.3) is 0 Å². The van der Waals surface area contributed by atoms with Crippen LogP contribution in [0.5, 0.6) is 11.5 Å². The maximum absolute atomic E-state index is 12.7. The molecule has 2 aliphatic rings. The summed E-state index contributed by atoms with van der Waals surface area (Å²) in [6.45, 7) is 5.63. The van der Waals surface area contributed by atoms with E-state index in [4.69, 9.17) is 4.74 Å². The van der Waals surface area contributed by atoms with Crippen LogP contribution in [0.4, 0.5) is 0 Å². The Balaban J connectivity index is 2.22. The molecule has 1 aliphatic carbocycles. The van der Waals surface area contributed by atoms with E-state index in [0.717, 1.165) is 5.57 Å². The van der Waals surface area contributed by atoms with E-state index in [1.807, 2.05) is 13.8 Å². The summed E-state index contributed by atoms with van der Waals surface area (Å²) < 4.78 is 5.95. The average Bonchev–Trinajstić information content (AvgIpc) is 2.43. The summed E-state index contributed by atoms with van der Waals surface area (Å²) in [6.07, 6.45) is 2.60. The number of phenols is 1. The first-order chi connectivity index (χ1) is 9.91. The van der Waals surface area contributed by atoms with Crippen molar-refractivity contribution in [1.82, 2.24) is 0 Å². The molecule has 1 aromatic rings. The molecule has 4 nitrogen and oxygen atoms in total. The number of benzene rings is 1. The van der Waals surface area contributed by atoms with Crippen LogP contribution in [0, 0.1) is 18.8 Å². The molecule has 0 amide bonds. The molecule has 3 rings (SSSR count). The smallest absolute Gasteiger partial charge is 0.181 e. The fourth-order valence-electron chi connectivity index (χ4n) is 2.97. The molecule has 0 spiro atoms. The summed E-state index contributed by atoms with van der Waals surface area (Å²) in [5.41, 5.74) is 1.74. The number of hydrogen-bond acceptors (Lipinski definition) is 4. The van der Waals surface area contributed by atoms with Gasteiger partial charge in [-0.25, -0.2) is 0 Å². The van der Waals surface area contributed by atoms with Crippen LogP contribution in [0.15, 0.2) is 35.6 Å². The topological polar surface area (TPSA) is 66.8 Å². The van der Waals surface area contributed by atoms with Crippen LogP contribution in [-0.4, -0.2) is 22.1 Å². The van der Waals surface area contributed by atoms with Crippen molar-refractivity contribution in [3.63, 3.8) is 0 Å². The number of carbonyl (C=O) groups excluding carboxylic acids is 1. The number of allylic oxidation sites excluding steroid dienone is 1. The summed E-state index contributed by atoms with van der Waals surface area (Å²) >= 11 is 0. The molecule has 4 heteroatoms. The SMILES string of the molecule is Cc1c(O)ccc2c1OC1=C(C(C)C)C(O)C=CC1C2=O. The number of phenolic OH excluding ortho intramolecular Hbond substituents is 1. The lowest BCUT2D eigenvalue weighted by Gasteiger charge is -2.33. The highest BCUT2D eigenvalue weighted by Gasteiger charge is 2.38. The van der Waals surface area contributed by atoms with Gasteiger partial charge in [0.25, 0.3) is 0 Å². The molecule has 1 aromatic carbocycles. The normalized spacial score (nSPS) is 24.0. The van der Waals surface area contributed by atoms with E-state index in [2.05, 4.69) is 0 Å². The Morgan fingerprint density at radius 2 is 1.95 bits per heavy atom. The Kier molecular flexibility index (Phi) is 3.14. The number of carbonyl (C=O) groups is 1. The maximum Gasteiger partial charge on any atom is 0.181 e. The van der Waals surface area contributed by atoms with Gasteiger partial charge in [0, 0.05) is 11.1 Å². The third-order valence-corrected chi connectivity index (χ3v) is 4.13. The first-order valence-corrected chi connectivity index (χ1v) is 7.06.